The van der Waals surface area contributed by atoms with Crippen molar-refractivity contribution in [2.24, 2.45) is 5.11 Å². The first-order valence-corrected chi connectivity index (χ1v) is 7.84. The van der Waals surface area contributed by atoms with Crippen molar-refractivity contribution >= 4 is 11.9 Å². The highest BCUT2D eigenvalue weighted by Gasteiger charge is 2.23. The summed E-state index contributed by atoms with van der Waals surface area (Å²) in [4.78, 5) is 27.9. The van der Waals surface area contributed by atoms with Crippen LogP contribution in [0.3, 0.4) is 0 Å². The van der Waals surface area contributed by atoms with Crippen LogP contribution in [0.15, 0.2) is 5.11 Å². The summed E-state index contributed by atoms with van der Waals surface area (Å²) in [6.07, 6.45) is 2.95. The second kappa shape index (κ2) is 11.7. The number of hydrogen-bond acceptors (Lipinski definition) is 6. The van der Waals surface area contributed by atoms with E-state index in [1.54, 1.807) is 4.90 Å². The normalized spacial score (nSPS) is 17.4. The third-order valence-corrected chi connectivity index (χ3v) is 3.53. The van der Waals surface area contributed by atoms with Crippen molar-refractivity contribution in [1.29, 1.82) is 0 Å². The highest BCUT2D eigenvalue weighted by molar-refractivity contribution is 5.76. The summed E-state index contributed by atoms with van der Waals surface area (Å²) < 4.78 is 9.78. The minimum Gasteiger partial charge on any atom is -0.462 e. The minimum atomic E-state index is -0.405. The predicted molar refractivity (Wildman–Crippen MR) is 83.7 cm³/mol. The van der Waals surface area contributed by atoms with Crippen molar-refractivity contribution in [1.82, 2.24) is 10.2 Å². The zero-order chi connectivity index (χ0) is 16.9. The van der Waals surface area contributed by atoms with Crippen molar-refractivity contribution in [3.8, 4) is 0 Å². The lowest BCUT2D eigenvalue weighted by atomic mass is 10.1. The molecule has 0 aliphatic carbocycles. The van der Waals surface area contributed by atoms with Gasteiger partial charge in [0.15, 0.2) is 0 Å². The molecule has 0 saturated carbocycles. The van der Waals surface area contributed by atoms with Crippen LogP contribution < -0.4 is 5.32 Å². The molecule has 0 aromatic heterocycles. The van der Waals surface area contributed by atoms with E-state index in [0.29, 0.717) is 32.6 Å². The van der Waals surface area contributed by atoms with Gasteiger partial charge in [0.2, 0.25) is 5.91 Å². The molecule has 9 heteroatoms. The standard InChI is InChI=1S/C14H25N5O4/c1-22-11-14(21)23-10-12-9-19(8-7-16-12)13(20)5-3-2-4-6-17-18-15/h12,16H,2-11H2,1H3. The third-order valence-electron chi connectivity index (χ3n) is 3.53. The SMILES string of the molecule is COCC(=O)OCC1CN(C(=O)CCCCCN=[N+]=[N-])CCN1. The van der Waals surface area contributed by atoms with Gasteiger partial charge in [0.25, 0.3) is 0 Å². The van der Waals surface area contributed by atoms with Gasteiger partial charge in [-0.1, -0.05) is 11.5 Å². The molecule has 1 atom stereocenters. The molecule has 1 aliphatic rings. The molecule has 23 heavy (non-hydrogen) atoms. The van der Waals surface area contributed by atoms with Crippen molar-refractivity contribution in [3.05, 3.63) is 10.4 Å². The fourth-order valence-electron chi connectivity index (χ4n) is 2.36. The summed E-state index contributed by atoms with van der Waals surface area (Å²) in [5.41, 5.74) is 8.17. The first-order valence-electron chi connectivity index (χ1n) is 7.84. The van der Waals surface area contributed by atoms with Crippen LogP contribution in [-0.2, 0) is 19.1 Å². The van der Waals surface area contributed by atoms with E-state index >= 15 is 0 Å². The Morgan fingerprint density at radius 1 is 1.39 bits per heavy atom. The van der Waals surface area contributed by atoms with Crippen LogP contribution in [0.2, 0.25) is 0 Å². The minimum absolute atomic E-state index is 0.0431. The van der Waals surface area contributed by atoms with E-state index in [2.05, 4.69) is 15.3 Å². The molecule has 1 unspecified atom stereocenters. The molecule has 1 fully saturated rings. The summed E-state index contributed by atoms with van der Waals surface area (Å²) in [5.74, 6) is -0.290. The molecule has 1 N–H and O–H groups in total. The Kier molecular flexibility index (Phi) is 9.78. The van der Waals surface area contributed by atoms with E-state index in [-0.39, 0.29) is 25.2 Å². The average Bonchev–Trinajstić information content (AvgIpc) is 2.56. The van der Waals surface area contributed by atoms with E-state index in [1.165, 1.54) is 7.11 Å². The lowest BCUT2D eigenvalue weighted by Crippen LogP contribution is -2.54. The van der Waals surface area contributed by atoms with Gasteiger partial charge in [-0.25, -0.2) is 4.79 Å². The van der Waals surface area contributed by atoms with E-state index in [1.807, 2.05) is 0 Å². The van der Waals surface area contributed by atoms with Crippen LogP contribution in [0.5, 0.6) is 0 Å². The Bertz CT molecular complexity index is 425. The maximum absolute atomic E-state index is 12.2. The number of esters is 1. The molecular formula is C14H25N5O4. The molecule has 0 spiro atoms. The summed E-state index contributed by atoms with van der Waals surface area (Å²) in [6.45, 7) is 2.55. The number of ether oxygens (including phenoxy) is 2. The zero-order valence-electron chi connectivity index (χ0n) is 13.6. The number of nitrogens with one attached hydrogen (secondary N) is 1. The van der Waals surface area contributed by atoms with Gasteiger partial charge in [0, 0.05) is 44.6 Å². The summed E-state index contributed by atoms with van der Waals surface area (Å²) in [7, 11) is 1.44. The van der Waals surface area contributed by atoms with Gasteiger partial charge in [0.1, 0.15) is 13.2 Å². The van der Waals surface area contributed by atoms with Gasteiger partial charge >= 0.3 is 5.97 Å². The van der Waals surface area contributed by atoms with E-state index in [9.17, 15) is 9.59 Å². The topological polar surface area (TPSA) is 117 Å². The molecule has 1 aliphatic heterocycles. The number of methoxy groups -OCH3 is 1. The van der Waals surface area contributed by atoms with Crippen LogP contribution in [0.1, 0.15) is 25.7 Å². The first kappa shape index (κ1) is 19.2. The second-order valence-corrected chi connectivity index (χ2v) is 5.37. The number of piperazine rings is 1. The summed E-state index contributed by atoms with van der Waals surface area (Å²) in [5, 5.41) is 6.70. The molecule has 0 aromatic carbocycles. The number of rotatable bonds is 10. The second-order valence-electron chi connectivity index (χ2n) is 5.37. The van der Waals surface area contributed by atoms with Gasteiger partial charge in [-0.15, -0.1) is 0 Å². The fraction of sp³-hybridized carbons (Fsp3) is 0.857. The molecule has 0 radical (unpaired) electrons. The Balaban J connectivity index is 2.21. The van der Waals surface area contributed by atoms with Gasteiger partial charge in [0.05, 0.1) is 6.04 Å². The highest BCUT2D eigenvalue weighted by atomic mass is 16.6. The molecular weight excluding hydrogens is 302 g/mol. The summed E-state index contributed by atoms with van der Waals surface area (Å²) >= 11 is 0. The van der Waals surface area contributed by atoms with Crippen molar-refractivity contribution in [2.75, 3.05) is 46.5 Å². The van der Waals surface area contributed by atoms with E-state index in [0.717, 1.165) is 19.3 Å². The highest BCUT2D eigenvalue weighted by Crippen LogP contribution is 2.07. The predicted octanol–water partition coefficient (Wildman–Crippen LogP) is 0.847. The largest absolute Gasteiger partial charge is 0.462 e. The van der Waals surface area contributed by atoms with Crippen LogP contribution in [0.4, 0.5) is 0 Å². The molecule has 1 amide bonds. The number of carbonyl (C=O) groups is 2. The summed E-state index contributed by atoms with van der Waals surface area (Å²) in [6, 6.07) is -0.0431. The number of amides is 1. The number of hydrogen-bond donors (Lipinski definition) is 1. The maximum atomic E-state index is 12.2. The Hall–Kier alpha value is -1.83. The van der Waals surface area contributed by atoms with Crippen LogP contribution in [-0.4, -0.2) is 69.3 Å². The molecule has 130 valence electrons. The smallest absolute Gasteiger partial charge is 0.332 e. The van der Waals surface area contributed by atoms with Crippen molar-refractivity contribution in [2.45, 2.75) is 31.7 Å². The molecule has 9 nitrogen and oxygen atoms in total. The lowest BCUT2D eigenvalue weighted by Gasteiger charge is -2.33. The number of nitrogens with zero attached hydrogens (tertiary/aromatic N) is 4. The average molecular weight is 327 g/mol. The molecule has 0 aromatic rings. The van der Waals surface area contributed by atoms with Gasteiger partial charge in [-0.2, -0.15) is 0 Å². The number of unbranched alkanes of at least 4 members (excludes halogenated alkanes) is 2. The van der Waals surface area contributed by atoms with E-state index < -0.39 is 5.97 Å². The van der Waals surface area contributed by atoms with Crippen LogP contribution in [0.25, 0.3) is 10.4 Å². The van der Waals surface area contributed by atoms with Crippen molar-refractivity contribution < 1.29 is 19.1 Å². The lowest BCUT2D eigenvalue weighted by molar-refractivity contribution is -0.149. The first-order chi connectivity index (χ1) is 11.2. The molecule has 0 bridgehead atoms. The quantitative estimate of drug-likeness (QED) is 0.210. The molecule has 1 rings (SSSR count). The van der Waals surface area contributed by atoms with Crippen molar-refractivity contribution in [3.63, 3.8) is 0 Å². The number of carbonyl (C=O) groups excluding carboxylic acids is 2. The number of azide groups is 1. The van der Waals surface area contributed by atoms with Gasteiger partial charge in [-0.05, 0) is 18.4 Å². The van der Waals surface area contributed by atoms with Crippen LogP contribution >= 0.6 is 0 Å². The Morgan fingerprint density at radius 2 is 2.22 bits per heavy atom. The third kappa shape index (κ3) is 8.39. The molecule has 1 heterocycles. The maximum Gasteiger partial charge on any atom is 0.332 e. The Morgan fingerprint density at radius 3 is 2.96 bits per heavy atom. The monoisotopic (exact) mass is 327 g/mol. The molecule has 1 saturated heterocycles. The zero-order valence-corrected chi connectivity index (χ0v) is 13.6. The van der Waals surface area contributed by atoms with Crippen LogP contribution in [0, 0.1) is 0 Å². The van der Waals surface area contributed by atoms with Gasteiger partial charge < -0.3 is 19.7 Å². The fourth-order valence-corrected chi connectivity index (χ4v) is 2.36. The van der Waals surface area contributed by atoms with Gasteiger partial charge in [-0.3, -0.25) is 4.79 Å². The Labute approximate surface area is 135 Å². The van der Waals surface area contributed by atoms with E-state index in [4.69, 9.17) is 15.0 Å².